The Kier molecular flexibility index (Phi) is 5.72. The Morgan fingerprint density at radius 1 is 1.38 bits per heavy atom. The summed E-state index contributed by atoms with van der Waals surface area (Å²) in [6.07, 6.45) is 0.157. The monoisotopic (exact) mass is 337 g/mol. The Balaban J connectivity index is 3.14. The zero-order valence-corrected chi connectivity index (χ0v) is 13.5. The highest BCUT2D eigenvalue weighted by molar-refractivity contribution is 7.89. The molecule has 0 saturated heterocycles. The first-order valence-corrected chi connectivity index (χ1v) is 8.17. The van der Waals surface area contributed by atoms with Crippen LogP contribution in [-0.4, -0.2) is 20.5 Å². The fraction of sp³-hybridized carbons (Fsp3) is 0.462. The number of esters is 1. The van der Waals surface area contributed by atoms with Crippen molar-refractivity contribution in [3.05, 3.63) is 28.5 Å². The van der Waals surface area contributed by atoms with Crippen molar-refractivity contribution in [3.63, 3.8) is 0 Å². The third kappa shape index (κ3) is 4.94. The number of ether oxygens (including phenoxy) is 1. The molecule has 2 N–H and O–H groups in total. The highest BCUT2D eigenvalue weighted by Crippen LogP contribution is 2.24. The summed E-state index contributed by atoms with van der Waals surface area (Å²) >= 11 is 5.70. The second-order valence-corrected chi connectivity index (χ2v) is 7.12. The molecule has 1 rings (SSSR count). The summed E-state index contributed by atoms with van der Waals surface area (Å²) in [5.41, 5.74) is -0.554. The fourth-order valence-electron chi connectivity index (χ4n) is 1.88. The van der Waals surface area contributed by atoms with E-state index >= 15 is 0 Å². The normalized spacial score (nSPS) is 13.3. The maximum absolute atomic E-state index is 14.1. The molecule has 0 aliphatic rings. The average molecular weight is 338 g/mol. The standard InChI is InChI=1S/C13H17ClFNO4S/c1-7(2)4-8(3)20-13(17)10-5-9(14)6-11(12(10)15)21(16,18)19/h5-8H,4H2,1-3H3,(H2,16,18,19). The topological polar surface area (TPSA) is 86.5 Å². The highest BCUT2D eigenvalue weighted by atomic mass is 35.5. The summed E-state index contributed by atoms with van der Waals surface area (Å²) < 4.78 is 41.7. The van der Waals surface area contributed by atoms with E-state index in [1.165, 1.54) is 0 Å². The molecule has 0 amide bonds. The molecule has 0 fully saturated rings. The number of sulfonamides is 1. The lowest BCUT2D eigenvalue weighted by Crippen LogP contribution is -2.20. The predicted octanol–water partition coefficient (Wildman–Crippen LogP) is 2.72. The van der Waals surface area contributed by atoms with E-state index in [0.29, 0.717) is 6.42 Å². The van der Waals surface area contributed by atoms with Crippen LogP contribution in [0.25, 0.3) is 0 Å². The van der Waals surface area contributed by atoms with Crippen LogP contribution in [-0.2, 0) is 14.8 Å². The van der Waals surface area contributed by atoms with E-state index in [2.05, 4.69) is 0 Å². The molecule has 0 bridgehead atoms. The van der Waals surface area contributed by atoms with Crippen LogP contribution < -0.4 is 5.14 Å². The van der Waals surface area contributed by atoms with Gasteiger partial charge in [0.2, 0.25) is 10.0 Å². The number of hydrogen-bond acceptors (Lipinski definition) is 4. The molecule has 0 spiro atoms. The van der Waals surface area contributed by atoms with E-state index < -0.39 is 38.4 Å². The molecule has 0 heterocycles. The quantitative estimate of drug-likeness (QED) is 0.837. The van der Waals surface area contributed by atoms with Gasteiger partial charge in [-0.15, -0.1) is 0 Å². The van der Waals surface area contributed by atoms with Gasteiger partial charge >= 0.3 is 5.97 Å². The van der Waals surface area contributed by atoms with Crippen molar-refractivity contribution in [3.8, 4) is 0 Å². The molecule has 1 aromatic rings. The lowest BCUT2D eigenvalue weighted by Gasteiger charge is -2.16. The molecular weight excluding hydrogens is 321 g/mol. The Bertz CT molecular complexity index is 646. The Morgan fingerprint density at radius 3 is 2.43 bits per heavy atom. The summed E-state index contributed by atoms with van der Waals surface area (Å²) in [6, 6.07) is 1.86. The van der Waals surface area contributed by atoms with Crippen LogP contribution in [0.15, 0.2) is 17.0 Å². The van der Waals surface area contributed by atoms with Crippen LogP contribution in [0.4, 0.5) is 4.39 Å². The van der Waals surface area contributed by atoms with E-state index in [1.54, 1.807) is 6.92 Å². The van der Waals surface area contributed by atoms with Crippen molar-refractivity contribution in [1.29, 1.82) is 0 Å². The number of halogens is 2. The molecule has 118 valence electrons. The molecule has 5 nitrogen and oxygen atoms in total. The largest absolute Gasteiger partial charge is 0.459 e. The van der Waals surface area contributed by atoms with Gasteiger partial charge in [0.1, 0.15) is 4.90 Å². The van der Waals surface area contributed by atoms with Gasteiger partial charge in [0, 0.05) is 5.02 Å². The minimum atomic E-state index is -4.33. The number of primary sulfonamides is 1. The first-order chi connectivity index (χ1) is 9.52. The van der Waals surface area contributed by atoms with Crippen LogP contribution in [0, 0.1) is 11.7 Å². The molecule has 21 heavy (non-hydrogen) atoms. The molecule has 1 aromatic carbocycles. The van der Waals surface area contributed by atoms with Gasteiger partial charge in [-0.2, -0.15) is 0 Å². The molecule has 0 aliphatic heterocycles. The minimum Gasteiger partial charge on any atom is -0.459 e. The van der Waals surface area contributed by atoms with Gasteiger partial charge < -0.3 is 4.74 Å². The summed E-state index contributed by atoms with van der Waals surface area (Å²) in [7, 11) is -4.33. The number of carbonyl (C=O) groups excluding carboxylic acids is 1. The maximum atomic E-state index is 14.1. The van der Waals surface area contributed by atoms with Crippen molar-refractivity contribution in [2.24, 2.45) is 11.1 Å². The number of hydrogen-bond donors (Lipinski definition) is 1. The lowest BCUT2D eigenvalue weighted by atomic mass is 10.1. The molecule has 0 aromatic heterocycles. The van der Waals surface area contributed by atoms with Crippen molar-refractivity contribution >= 4 is 27.6 Å². The van der Waals surface area contributed by atoms with Crippen LogP contribution >= 0.6 is 11.6 Å². The predicted molar refractivity (Wildman–Crippen MR) is 77.1 cm³/mol. The minimum absolute atomic E-state index is 0.121. The Morgan fingerprint density at radius 2 is 1.95 bits per heavy atom. The molecule has 1 atom stereocenters. The van der Waals surface area contributed by atoms with Gasteiger partial charge in [0.25, 0.3) is 0 Å². The van der Waals surface area contributed by atoms with E-state index in [-0.39, 0.29) is 10.9 Å². The smallest absolute Gasteiger partial charge is 0.341 e. The molecule has 8 heteroatoms. The van der Waals surface area contributed by atoms with E-state index in [1.807, 2.05) is 13.8 Å². The average Bonchev–Trinajstić information content (AvgIpc) is 2.28. The van der Waals surface area contributed by atoms with Crippen LogP contribution in [0.3, 0.4) is 0 Å². The molecule has 0 aliphatic carbocycles. The van der Waals surface area contributed by atoms with Gasteiger partial charge in [0.15, 0.2) is 5.82 Å². The summed E-state index contributed by atoms with van der Waals surface area (Å²) in [4.78, 5) is 11.1. The zero-order valence-electron chi connectivity index (χ0n) is 11.9. The maximum Gasteiger partial charge on any atom is 0.341 e. The molecule has 0 saturated carbocycles. The molecule has 0 radical (unpaired) electrons. The SMILES string of the molecule is CC(C)CC(C)OC(=O)c1cc(Cl)cc(S(N)(=O)=O)c1F. The highest BCUT2D eigenvalue weighted by Gasteiger charge is 2.24. The Labute approximate surface area is 128 Å². The number of carbonyl (C=O) groups is 1. The number of benzene rings is 1. The number of nitrogens with two attached hydrogens (primary N) is 1. The van der Waals surface area contributed by atoms with Crippen molar-refractivity contribution in [1.82, 2.24) is 0 Å². The summed E-state index contributed by atoms with van der Waals surface area (Å²) in [6.45, 7) is 5.56. The lowest BCUT2D eigenvalue weighted by molar-refractivity contribution is 0.0294. The number of rotatable bonds is 5. The summed E-state index contributed by atoms with van der Waals surface area (Å²) in [5, 5.41) is 4.76. The third-order valence-corrected chi connectivity index (χ3v) is 3.77. The van der Waals surface area contributed by atoms with Crippen molar-refractivity contribution < 1.29 is 22.3 Å². The van der Waals surface area contributed by atoms with Gasteiger partial charge in [-0.3, -0.25) is 0 Å². The van der Waals surface area contributed by atoms with Gasteiger partial charge in [-0.1, -0.05) is 25.4 Å². The van der Waals surface area contributed by atoms with Crippen LogP contribution in [0.1, 0.15) is 37.6 Å². The van der Waals surface area contributed by atoms with Crippen LogP contribution in [0.2, 0.25) is 5.02 Å². The van der Waals surface area contributed by atoms with Crippen molar-refractivity contribution in [2.45, 2.75) is 38.2 Å². The fourth-order valence-corrected chi connectivity index (χ4v) is 2.81. The Hall–Kier alpha value is -1.18. The third-order valence-electron chi connectivity index (χ3n) is 2.64. The van der Waals surface area contributed by atoms with Gasteiger partial charge in [-0.05, 0) is 31.4 Å². The van der Waals surface area contributed by atoms with E-state index in [4.69, 9.17) is 21.5 Å². The second kappa shape index (κ2) is 6.72. The summed E-state index contributed by atoms with van der Waals surface area (Å²) in [5.74, 6) is -1.95. The first-order valence-electron chi connectivity index (χ1n) is 6.25. The molecule has 1 unspecified atom stereocenters. The van der Waals surface area contributed by atoms with Gasteiger partial charge in [0.05, 0.1) is 11.7 Å². The molecular formula is C13H17ClFNO4S. The zero-order chi connectivity index (χ0) is 16.4. The van der Waals surface area contributed by atoms with E-state index in [0.717, 1.165) is 12.1 Å². The first kappa shape index (κ1) is 17.9. The van der Waals surface area contributed by atoms with Crippen molar-refractivity contribution in [2.75, 3.05) is 0 Å². The van der Waals surface area contributed by atoms with Gasteiger partial charge in [-0.25, -0.2) is 22.7 Å². The van der Waals surface area contributed by atoms with E-state index in [9.17, 15) is 17.6 Å². The second-order valence-electron chi connectivity index (χ2n) is 5.16. The van der Waals surface area contributed by atoms with Crippen LogP contribution in [0.5, 0.6) is 0 Å².